The summed E-state index contributed by atoms with van der Waals surface area (Å²) in [4.78, 5) is 30.5. The average molecular weight is 518 g/mol. The predicted molar refractivity (Wildman–Crippen MR) is 138 cm³/mol. The van der Waals surface area contributed by atoms with Crippen LogP contribution in [0.15, 0.2) is 76.2 Å². The first-order chi connectivity index (χ1) is 17.8. The van der Waals surface area contributed by atoms with Crippen LogP contribution in [0.4, 0.5) is 5.69 Å². The van der Waals surface area contributed by atoms with Crippen molar-refractivity contribution >= 4 is 50.1 Å². The second-order valence-electron chi connectivity index (χ2n) is 8.56. The number of benzene rings is 2. The van der Waals surface area contributed by atoms with Crippen LogP contribution in [0.2, 0.25) is 0 Å². The molecule has 0 bridgehead atoms. The van der Waals surface area contributed by atoms with E-state index in [1.807, 2.05) is 42.5 Å². The van der Waals surface area contributed by atoms with E-state index >= 15 is 0 Å². The summed E-state index contributed by atoms with van der Waals surface area (Å²) < 4.78 is 33.7. The van der Waals surface area contributed by atoms with Crippen LogP contribution in [0.3, 0.4) is 0 Å². The number of ether oxygens (including phenoxy) is 1. The van der Waals surface area contributed by atoms with Crippen LogP contribution in [0.1, 0.15) is 40.2 Å². The monoisotopic (exact) mass is 517 g/mol. The fourth-order valence-corrected chi connectivity index (χ4v) is 4.90. The summed E-state index contributed by atoms with van der Waals surface area (Å²) in [5, 5.41) is 8.32. The van der Waals surface area contributed by atoms with Gasteiger partial charge in [-0.25, -0.2) is 23.3 Å². The number of carbonyl (C=O) groups is 2. The van der Waals surface area contributed by atoms with E-state index < -0.39 is 28.5 Å². The minimum Gasteiger partial charge on any atom is -0.465 e. The second-order valence-corrected chi connectivity index (χ2v) is 10.1. The van der Waals surface area contributed by atoms with E-state index in [9.17, 15) is 18.0 Å². The summed E-state index contributed by atoms with van der Waals surface area (Å²) in [6, 6.07) is 16.4. The Bertz CT molecular complexity index is 1620. The van der Waals surface area contributed by atoms with Gasteiger partial charge in [0.2, 0.25) is 10.0 Å². The molecule has 0 saturated carbocycles. The fourth-order valence-electron chi connectivity index (χ4n) is 4.38. The Morgan fingerprint density at radius 1 is 1.05 bits per heavy atom. The van der Waals surface area contributed by atoms with Gasteiger partial charge in [0.1, 0.15) is 5.76 Å². The van der Waals surface area contributed by atoms with Crippen LogP contribution in [-0.2, 0) is 26.0 Å². The lowest BCUT2D eigenvalue weighted by Gasteiger charge is -2.22. The maximum atomic E-state index is 13.3. The van der Waals surface area contributed by atoms with E-state index in [-0.39, 0.29) is 4.90 Å². The largest absolute Gasteiger partial charge is 0.465 e. The molecule has 0 atom stereocenters. The number of furan rings is 1. The minimum atomic E-state index is -3.84. The SMILES string of the molecule is NS(=O)(=O)c1ccc(NC(=O)COC(=O)c2c3c(nc4ccccc24)/C(=C\c2ccco2)CCC3)cc1. The van der Waals surface area contributed by atoms with Gasteiger partial charge in [0.05, 0.1) is 27.9 Å². The van der Waals surface area contributed by atoms with E-state index in [1.165, 1.54) is 24.3 Å². The predicted octanol–water partition coefficient (Wildman–Crippen LogP) is 4.15. The zero-order valence-electron chi connectivity index (χ0n) is 19.6. The van der Waals surface area contributed by atoms with Crippen LogP contribution in [0, 0.1) is 0 Å². The molecule has 0 saturated heterocycles. The van der Waals surface area contributed by atoms with Crippen molar-refractivity contribution in [3.8, 4) is 0 Å². The summed E-state index contributed by atoms with van der Waals surface area (Å²) in [7, 11) is -3.84. The molecule has 9 nitrogen and oxygen atoms in total. The van der Waals surface area contributed by atoms with Crippen LogP contribution in [0.25, 0.3) is 22.6 Å². The Kier molecular flexibility index (Phi) is 6.60. The third-order valence-electron chi connectivity index (χ3n) is 6.04. The van der Waals surface area contributed by atoms with Gasteiger partial charge in [-0.05, 0) is 78.9 Å². The molecule has 1 aliphatic carbocycles. The number of para-hydroxylation sites is 1. The number of nitrogens with two attached hydrogens (primary N) is 1. The Morgan fingerprint density at radius 2 is 1.84 bits per heavy atom. The van der Waals surface area contributed by atoms with E-state index in [0.29, 0.717) is 34.3 Å². The molecule has 2 aromatic heterocycles. The Hall–Kier alpha value is -4.28. The molecule has 1 amide bonds. The van der Waals surface area contributed by atoms with E-state index in [4.69, 9.17) is 19.3 Å². The van der Waals surface area contributed by atoms with Gasteiger partial charge in [0.25, 0.3) is 5.91 Å². The number of esters is 1. The molecular formula is C27H23N3O6S. The number of carbonyl (C=O) groups excluding carboxylic acids is 2. The Morgan fingerprint density at radius 3 is 2.57 bits per heavy atom. The first-order valence-corrected chi connectivity index (χ1v) is 13.1. The number of fused-ring (bicyclic) bond motifs is 2. The van der Waals surface area contributed by atoms with Crippen LogP contribution < -0.4 is 10.5 Å². The number of primary sulfonamides is 1. The van der Waals surface area contributed by atoms with Crippen molar-refractivity contribution in [2.45, 2.75) is 24.2 Å². The number of nitrogens with zero attached hydrogens (tertiary/aromatic N) is 1. The summed E-state index contributed by atoms with van der Waals surface area (Å²) in [5.41, 5.74) is 3.87. The van der Waals surface area contributed by atoms with Crippen molar-refractivity contribution in [1.29, 1.82) is 0 Å². The lowest BCUT2D eigenvalue weighted by atomic mass is 9.86. The molecule has 0 aliphatic heterocycles. The van der Waals surface area contributed by atoms with Gasteiger partial charge >= 0.3 is 5.97 Å². The number of nitrogens with one attached hydrogen (secondary N) is 1. The first kappa shape index (κ1) is 24.4. The van der Waals surface area contributed by atoms with Gasteiger partial charge in [-0.15, -0.1) is 0 Å². The number of hydrogen-bond donors (Lipinski definition) is 2. The molecule has 1 aliphatic rings. The van der Waals surface area contributed by atoms with Crippen molar-refractivity contribution in [3.63, 3.8) is 0 Å². The lowest BCUT2D eigenvalue weighted by molar-refractivity contribution is -0.119. The van der Waals surface area contributed by atoms with Gasteiger partial charge in [-0.1, -0.05) is 18.2 Å². The summed E-state index contributed by atoms with van der Waals surface area (Å²) >= 11 is 0. The van der Waals surface area contributed by atoms with Crippen molar-refractivity contribution in [2.24, 2.45) is 5.14 Å². The minimum absolute atomic E-state index is 0.0771. The molecule has 0 fully saturated rings. The summed E-state index contributed by atoms with van der Waals surface area (Å²) in [6.07, 6.45) is 5.81. The molecule has 0 unspecified atom stereocenters. The quantitative estimate of drug-likeness (QED) is 0.366. The highest BCUT2D eigenvalue weighted by atomic mass is 32.2. The van der Waals surface area contributed by atoms with Crippen LogP contribution in [-0.4, -0.2) is 31.9 Å². The topological polar surface area (TPSA) is 142 Å². The molecule has 4 aromatic rings. The van der Waals surface area contributed by atoms with E-state index in [2.05, 4.69) is 5.32 Å². The first-order valence-electron chi connectivity index (χ1n) is 11.6. The number of sulfonamides is 1. The molecule has 188 valence electrons. The highest BCUT2D eigenvalue weighted by Crippen LogP contribution is 2.36. The molecule has 2 heterocycles. The maximum Gasteiger partial charge on any atom is 0.339 e. The number of hydrogen-bond acceptors (Lipinski definition) is 7. The third-order valence-corrected chi connectivity index (χ3v) is 6.96. The molecule has 0 radical (unpaired) electrons. The average Bonchev–Trinajstić information content (AvgIpc) is 3.39. The number of anilines is 1. The van der Waals surface area contributed by atoms with Gasteiger partial charge in [-0.3, -0.25) is 4.79 Å². The molecule has 0 spiro atoms. The number of rotatable bonds is 6. The van der Waals surface area contributed by atoms with Crippen molar-refractivity contribution in [2.75, 3.05) is 11.9 Å². The number of pyridine rings is 1. The number of allylic oxidation sites excluding steroid dienone is 1. The molecule has 37 heavy (non-hydrogen) atoms. The highest BCUT2D eigenvalue weighted by Gasteiger charge is 2.26. The van der Waals surface area contributed by atoms with Crippen molar-refractivity contribution < 1.29 is 27.2 Å². The van der Waals surface area contributed by atoms with Crippen molar-refractivity contribution in [3.05, 3.63) is 89.5 Å². The second kappa shape index (κ2) is 10.00. The third kappa shape index (κ3) is 5.30. The lowest BCUT2D eigenvalue weighted by Crippen LogP contribution is -2.22. The van der Waals surface area contributed by atoms with E-state index in [1.54, 1.807) is 6.26 Å². The normalized spacial score (nSPS) is 14.4. The summed E-state index contributed by atoms with van der Waals surface area (Å²) in [6.45, 7) is -0.518. The molecule has 3 N–H and O–H groups in total. The van der Waals surface area contributed by atoms with Gasteiger partial charge in [0.15, 0.2) is 6.61 Å². The van der Waals surface area contributed by atoms with E-state index in [0.717, 1.165) is 29.7 Å². The Labute approximate surface area is 213 Å². The Balaban J connectivity index is 1.39. The van der Waals surface area contributed by atoms with Crippen molar-refractivity contribution in [1.82, 2.24) is 4.98 Å². The zero-order valence-corrected chi connectivity index (χ0v) is 20.5. The number of amides is 1. The summed E-state index contributed by atoms with van der Waals surface area (Å²) in [5.74, 6) is -0.480. The standard InChI is InChI=1S/C27H23N3O6S/c28-37(33,34)20-12-10-18(11-13-20)29-24(31)16-36-27(32)25-21-7-1-2-9-23(21)30-26-17(5-3-8-22(25)26)15-19-6-4-14-35-19/h1-2,4,6-7,9-15H,3,5,8,16H2,(H,29,31)(H2,28,33,34)/b17-15-. The molecule has 5 rings (SSSR count). The van der Waals surface area contributed by atoms with Gasteiger partial charge < -0.3 is 14.5 Å². The van der Waals surface area contributed by atoms with Gasteiger partial charge in [-0.2, -0.15) is 0 Å². The molecule has 2 aromatic carbocycles. The van der Waals surface area contributed by atoms with Crippen LogP contribution in [0.5, 0.6) is 0 Å². The van der Waals surface area contributed by atoms with Gasteiger partial charge in [0, 0.05) is 11.1 Å². The number of aromatic nitrogens is 1. The highest BCUT2D eigenvalue weighted by molar-refractivity contribution is 7.89. The maximum absolute atomic E-state index is 13.3. The molecule has 10 heteroatoms. The zero-order chi connectivity index (χ0) is 26.0. The van der Waals surface area contributed by atoms with Crippen LogP contribution >= 0.6 is 0 Å². The molecular weight excluding hydrogens is 494 g/mol. The fraction of sp³-hybridized carbons (Fsp3) is 0.148. The smallest absolute Gasteiger partial charge is 0.339 e.